The average Bonchev–Trinajstić information content (AvgIpc) is 2.12. The molecule has 78 valence electrons. The van der Waals surface area contributed by atoms with Gasteiger partial charge in [-0.15, -0.1) is 0 Å². The lowest BCUT2D eigenvalue weighted by atomic mass is 9.89. The van der Waals surface area contributed by atoms with Gasteiger partial charge in [0.05, 0.1) is 0 Å². The zero-order valence-corrected chi connectivity index (χ0v) is 9.34. The normalized spacial score (nSPS) is 30.7. The monoisotopic (exact) mass is 184 g/mol. The Morgan fingerprint density at radius 3 is 2.69 bits per heavy atom. The molecule has 0 aromatic rings. The average molecular weight is 184 g/mol. The van der Waals surface area contributed by atoms with E-state index in [0.717, 1.165) is 18.4 Å². The molecule has 1 rings (SSSR count). The van der Waals surface area contributed by atoms with Crippen LogP contribution in [-0.2, 0) is 0 Å². The Labute approximate surface area is 82.7 Å². The maximum absolute atomic E-state index is 3.20. The van der Waals surface area contributed by atoms with Crippen LogP contribution < -0.4 is 5.32 Å². The maximum atomic E-state index is 3.20. The molecule has 1 aliphatic rings. The summed E-state index contributed by atoms with van der Waals surface area (Å²) in [5.41, 5.74) is 0. The molecule has 1 aliphatic heterocycles. The van der Waals surface area contributed by atoms with Crippen molar-refractivity contribution >= 4 is 0 Å². The van der Waals surface area contributed by atoms with Crippen LogP contribution in [0.5, 0.6) is 0 Å². The highest BCUT2D eigenvalue weighted by atomic mass is 15.1. The molecular formula is C11H24N2. The summed E-state index contributed by atoms with van der Waals surface area (Å²) in [7, 11) is 2.03. The van der Waals surface area contributed by atoms with E-state index in [1.165, 1.54) is 32.5 Å². The Kier molecular flexibility index (Phi) is 4.74. The number of hydrogen-bond donors (Lipinski definition) is 1. The van der Waals surface area contributed by atoms with Crippen LogP contribution in [0.15, 0.2) is 0 Å². The van der Waals surface area contributed by atoms with Crippen molar-refractivity contribution in [2.24, 2.45) is 11.8 Å². The fraction of sp³-hybridized carbons (Fsp3) is 1.00. The van der Waals surface area contributed by atoms with E-state index >= 15 is 0 Å². The number of nitrogens with zero attached hydrogens (tertiary/aromatic N) is 1. The van der Waals surface area contributed by atoms with Crippen molar-refractivity contribution in [3.63, 3.8) is 0 Å². The van der Waals surface area contributed by atoms with Crippen LogP contribution >= 0.6 is 0 Å². The van der Waals surface area contributed by atoms with Crippen LogP contribution in [0.25, 0.3) is 0 Å². The van der Waals surface area contributed by atoms with E-state index in [0.29, 0.717) is 0 Å². The third-order valence-electron chi connectivity index (χ3n) is 3.32. The van der Waals surface area contributed by atoms with Gasteiger partial charge < -0.3 is 10.2 Å². The highest BCUT2D eigenvalue weighted by Crippen LogP contribution is 2.22. The Balaban J connectivity index is 2.14. The number of hydrogen-bond acceptors (Lipinski definition) is 2. The van der Waals surface area contributed by atoms with Gasteiger partial charge in [-0.25, -0.2) is 0 Å². The molecule has 0 amide bonds. The van der Waals surface area contributed by atoms with E-state index in [4.69, 9.17) is 0 Å². The van der Waals surface area contributed by atoms with Crippen LogP contribution in [0.3, 0.4) is 0 Å². The summed E-state index contributed by atoms with van der Waals surface area (Å²) < 4.78 is 0. The number of nitrogens with one attached hydrogen (secondary N) is 1. The smallest absolute Gasteiger partial charge is 0.000958 e. The quantitative estimate of drug-likeness (QED) is 0.667. The number of rotatable bonds is 4. The van der Waals surface area contributed by atoms with Crippen molar-refractivity contribution in [1.29, 1.82) is 0 Å². The molecule has 2 unspecified atom stereocenters. The van der Waals surface area contributed by atoms with Crippen LogP contribution in [0.2, 0.25) is 0 Å². The van der Waals surface area contributed by atoms with E-state index < -0.39 is 0 Å². The van der Waals surface area contributed by atoms with E-state index in [1.54, 1.807) is 0 Å². The first-order chi connectivity index (χ1) is 6.24. The van der Waals surface area contributed by atoms with Gasteiger partial charge in [-0.3, -0.25) is 0 Å². The number of piperidine rings is 1. The summed E-state index contributed by atoms with van der Waals surface area (Å²) >= 11 is 0. The van der Waals surface area contributed by atoms with Crippen LogP contribution in [0.4, 0.5) is 0 Å². The zero-order chi connectivity index (χ0) is 9.68. The summed E-state index contributed by atoms with van der Waals surface area (Å²) in [5, 5.41) is 3.20. The predicted octanol–water partition coefficient (Wildman–Crippen LogP) is 1.57. The standard InChI is InChI=1S/C11H24N2/c1-10-5-8-13(9-11(10)2)7-4-6-12-3/h10-12H,4-9H2,1-3H3. The minimum atomic E-state index is 0.892. The summed E-state index contributed by atoms with van der Waals surface area (Å²) in [6.45, 7) is 9.82. The first-order valence-electron chi connectivity index (χ1n) is 5.61. The predicted molar refractivity (Wildman–Crippen MR) is 57.9 cm³/mol. The van der Waals surface area contributed by atoms with Gasteiger partial charge in [-0.1, -0.05) is 13.8 Å². The molecule has 0 aromatic heterocycles. The Hall–Kier alpha value is -0.0800. The molecule has 0 radical (unpaired) electrons. The molecule has 0 aromatic carbocycles. The van der Waals surface area contributed by atoms with E-state index in [-0.39, 0.29) is 0 Å². The molecular weight excluding hydrogens is 160 g/mol. The van der Waals surface area contributed by atoms with Crippen LogP contribution in [0, 0.1) is 11.8 Å². The van der Waals surface area contributed by atoms with Crippen LogP contribution in [0.1, 0.15) is 26.7 Å². The lowest BCUT2D eigenvalue weighted by Crippen LogP contribution is -2.39. The highest BCUT2D eigenvalue weighted by Gasteiger charge is 2.21. The summed E-state index contributed by atoms with van der Waals surface area (Å²) in [5.74, 6) is 1.82. The molecule has 2 heteroatoms. The van der Waals surface area contributed by atoms with Crippen LogP contribution in [-0.4, -0.2) is 38.1 Å². The van der Waals surface area contributed by atoms with Gasteiger partial charge in [0.25, 0.3) is 0 Å². The minimum absolute atomic E-state index is 0.892. The fourth-order valence-electron chi connectivity index (χ4n) is 2.03. The van der Waals surface area contributed by atoms with E-state index in [2.05, 4.69) is 24.1 Å². The lowest BCUT2D eigenvalue weighted by molar-refractivity contribution is 0.137. The summed E-state index contributed by atoms with van der Waals surface area (Å²) in [6.07, 6.45) is 2.68. The van der Waals surface area contributed by atoms with Crippen molar-refractivity contribution in [2.75, 3.05) is 33.2 Å². The topological polar surface area (TPSA) is 15.3 Å². The van der Waals surface area contributed by atoms with E-state index in [1.807, 2.05) is 7.05 Å². The molecule has 1 N–H and O–H groups in total. The number of likely N-dealkylation sites (tertiary alicyclic amines) is 1. The summed E-state index contributed by atoms with van der Waals surface area (Å²) in [6, 6.07) is 0. The third kappa shape index (κ3) is 3.65. The zero-order valence-electron chi connectivity index (χ0n) is 9.34. The lowest BCUT2D eigenvalue weighted by Gasteiger charge is -2.35. The van der Waals surface area contributed by atoms with Gasteiger partial charge in [-0.05, 0) is 51.4 Å². The molecule has 13 heavy (non-hydrogen) atoms. The Morgan fingerprint density at radius 1 is 1.31 bits per heavy atom. The SMILES string of the molecule is CNCCCN1CCC(C)C(C)C1. The van der Waals surface area contributed by atoms with Crippen molar-refractivity contribution < 1.29 is 0 Å². The van der Waals surface area contributed by atoms with E-state index in [9.17, 15) is 0 Å². The highest BCUT2D eigenvalue weighted by molar-refractivity contribution is 4.74. The Morgan fingerprint density at radius 2 is 2.08 bits per heavy atom. The van der Waals surface area contributed by atoms with Gasteiger partial charge in [0.1, 0.15) is 0 Å². The largest absolute Gasteiger partial charge is 0.320 e. The summed E-state index contributed by atoms with van der Waals surface area (Å²) in [4.78, 5) is 2.61. The molecule has 0 bridgehead atoms. The fourth-order valence-corrected chi connectivity index (χ4v) is 2.03. The minimum Gasteiger partial charge on any atom is -0.320 e. The van der Waals surface area contributed by atoms with Gasteiger partial charge in [0.2, 0.25) is 0 Å². The molecule has 1 saturated heterocycles. The first kappa shape index (κ1) is 11.0. The first-order valence-corrected chi connectivity index (χ1v) is 5.61. The molecule has 2 nitrogen and oxygen atoms in total. The van der Waals surface area contributed by atoms with Gasteiger partial charge in [0.15, 0.2) is 0 Å². The molecule has 1 fully saturated rings. The second kappa shape index (κ2) is 5.61. The van der Waals surface area contributed by atoms with Crippen molar-refractivity contribution in [2.45, 2.75) is 26.7 Å². The molecule has 0 spiro atoms. The van der Waals surface area contributed by atoms with Gasteiger partial charge in [-0.2, -0.15) is 0 Å². The van der Waals surface area contributed by atoms with Crippen molar-refractivity contribution in [3.05, 3.63) is 0 Å². The molecule has 0 aliphatic carbocycles. The molecule has 1 heterocycles. The van der Waals surface area contributed by atoms with Crippen molar-refractivity contribution in [1.82, 2.24) is 10.2 Å². The van der Waals surface area contributed by atoms with Gasteiger partial charge in [0, 0.05) is 6.54 Å². The van der Waals surface area contributed by atoms with Crippen molar-refractivity contribution in [3.8, 4) is 0 Å². The maximum Gasteiger partial charge on any atom is 0.000958 e. The second-order valence-electron chi connectivity index (χ2n) is 4.50. The molecule has 0 saturated carbocycles. The second-order valence-corrected chi connectivity index (χ2v) is 4.50. The molecule has 2 atom stereocenters. The Bertz CT molecular complexity index is 136. The third-order valence-corrected chi connectivity index (χ3v) is 3.32. The van der Waals surface area contributed by atoms with Gasteiger partial charge >= 0.3 is 0 Å².